The van der Waals surface area contributed by atoms with Crippen molar-refractivity contribution in [3.05, 3.63) is 77.4 Å². The predicted molar refractivity (Wildman–Crippen MR) is 150 cm³/mol. The van der Waals surface area contributed by atoms with E-state index in [0.29, 0.717) is 24.2 Å². The van der Waals surface area contributed by atoms with Crippen molar-refractivity contribution in [2.75, 3.05) is 6.61 Å². The number of carbonyl (C=O) groups excluding carboxylic acids is 1. The van der Waals surface area contributed by atoms with Crippen LogP contribution < -0.4 is 4.74 Å². The van der Waals surface area contributed by atoms with Crippen molar-refractivity contribution in [3.8, 4) is 5.75 Å². The van der Waals surface area contributed by atoms with Crippen molar-refractivity contribution in [1.82, 2.24) is 0 Å². The molecule has 2 aromatic rings. The Labute approximate surface area is 227 Å². The standard InChI is InChI=1S/C30H42O7S/c1-8-29(7,16-17-36-30(9-2,10-3)38(32,33)34)37-27-19-24(21-35-28(31)22(4)5)18-26(20-27)23(6)25-14-12-11-13-15-25/h11-15,18-20,23H,4,8-10,16-17,21H2,1-3,5-7H3,(H,32,33,34). The lowest BCUT2D eigenvalue weighted by molar-refractivity contribution is -0.140. The first-order valence-electron chi connectivity index (χ1n) is 13.1. The third-order valence-electron chi connectivity index (χ3n) is 7.16. The van der Waals surface area contributed by atoms with Crippen LogP contribution in [-0.4, -0.2) is 36.1 Å². The zero-order valence-electron chi connectivity index (χ0n) is 23.5. The summed E-state index contributed by atoms with van der Waals surface area (Å²) in [6, 6.07) is 15.9. The van der Waals surface area contributed by atoms with E-state index in [9.17, 15) is 17.8 Å². The third-order valence-corrected chi connectivity index (χ3v) is 8.80. The number of hydrogen-bond acceptors (Lipinski definition) is 6. The fraction of sp³-hybridized carbons (Fsp3) is 0.500. The number of ether oxygens (including phenoxy) is 3. The van der Waals surface area contributed by atoms with Gasteiger partial charge in [-0.2, -0.15) is 8.42 Å². The minimum atomic E-state index is -4.39. The molecule has 38 heavy (non-hydrogen) atoms. The molecule has 0 amide bonds. The molecule has 2 unspecified atom stereocenters. The Kier molecular flexibility index (Phi) is 11.1. The summed E-state index contributed by atoms with van der Waals surface area (Å²) < 4.78 is 51.4. The van der Waals surface area contributed by atoms with Crippen LogP contribution in [0.5, 0.6) is 5.75 Å². The van der Waals surface area contributed by atoms with Gasteiger partial charge < -0.3 is 14.2 Å². The van der Waals surface area contributed by atoms with Gasteiger partial charge in [0.15, 0.2) is 4.93 Å². The van der Waals surface area contributed by atoms with Crippen molar-refractivity contribution in [2.45, 2.75) is 90.3 Å². The molecule has 2 atom stereocenters. The molecule has 0 bridgehead atoms. The molecule has 0 saturated carbocycles. The summed E-state index contributed by atoms with van der Waals surface area (Å²) in [5.74, 6) is 0.220. The van der Waals surface area contributed by atoms with E-state index in [1.54, 1.807) is 20.8 Å². The molecule has 0 aliphatic heterocycles. The zero-order chi connectivity index (χ0) is 28.6. The summed E-state index contributed by atoms with van der Waals surface area (Å²) in [5, 5.41) is 0. The number of esters is 1. The summed E-state index contributed by atoms with van der Waals surface area (Å²) in [6.07, 6.45) is 1.31. The van der Waals surface area contributed by atoms with Crippen LogP contribution in [-0.2, 0) is 31.0 Å². The van der Waals surface area contributed by atoms with Crippen LogP contribution in [0.15, 0.2) is 60.7 Å². The van der Waals surface area contributed by atoms with Gasteiger partial charge in [-0.15, -0.1) is 0 Å². The normalized spacial score (nSPS) is 14.4. The highest BCUT2D eigenvalue weighted by molar-refractivity contribution is 7.87. The van der Waals surface area contributed by atoms with Crippen LogP contribution in [0.25, 0.3) is 0 Å². The molecule has 1 N–H and O–H groups in total. The van der Waals surface area contributed by atoms with Gasteiger partial charge in [0.05, 0.1) is 6.61 Å². The van der Waals surface area contributed by atoms with Crippen molar-refractivity contribution in [3.63, 3.8) is 0 Å². The Bertz CT molecular complexity index is 1190. The van der Waals surface area contributed by atoms with E-state index >= 15 is 0 Å². The Morgan fingerprint density at radius 1 is 1.03 bits per heavy atom. The lowest BCUT2D eigenvalue weighted by Gasteiger charge is -2.33. The second-order valence-electron chi connectivity index (χ2n) is 10.00. The largest absolute Gasteiger partial charge is 0.487 e. The monoisotopic (exact) mass is 546 g/mol. The van der Waals surface area contributed by atoms with E-state index in [1.807, 2.05) is 50.2 Å². The molecule has 7 nitrogen and oxygen atoms in total. The molecule has 0 aromatic heterocycles. The average molecular weight is 547 g/mol. The smallest absolute Gasteiger partial charge is 0.333 e. The van der Waals surface area contributed by atoms with E-state index < -0.39 is 26.6 Å². The minimum absolute atomic E-state index is 0.0658. The van der Waals surface area contributed by atoms with Crippen LogP contribution >= 0.6 is 0 Å². The first kappa shape index (κ1) is 31.5. The van der Waals surface area contributed by atoms with Gasteiger partial charge in [-0.3, -0.25) is 4.55 Å². The van der Waals surface area contributed by atoms with E-state index in [1.165, 1.54) is 0 Å². The van der Waals surface area contributed by atoms with Crippen molar-refractivity contribution in [1.29, 1.82) is 0 Å². The average Bonchev–Trinajstić information content (AvgIpc) is 2.89. The fourth-order valence-electron chi connectivity index (χ4n) is 4.22. The van der Waals surface area contributed by atoms with Gasteiger partial charge in [0.25, 0.3) is 10.1 Å². The zero-order valence-corrected chi connectivity index (χ0v) is 24.3. The number of rotatable bonds is 15. The molecule has 0 aliphatic rings. The van der Waals surface area contributed by atoms with E-state index in [0.717, 1.165) is 16.7 Å². The third kappa shape index (κ3) is 8.16. The van der Waals surface area contributed by atoms with Gasteiger partial charge >= 0.3 is 5.97 Å². The molecule has 0 heterocycles. The Hall–Kier alpha value is -2.68. The number of hydrogen-bond donors (Lipinski definition) is 1. The lowest BCUT2D eigenvalue weighted by Crippen LogP contribution is -2.42. The quantitative estimate of drug-likeness (QED) is 0.149. The minimum Gasteiger partial charge on any atom is -0.487 e. The highest BCUT2D eigenvalue weighted by atomic mass is 32.2. The maximum absolute atomic E-state index is 12.0. The van der Waals surface area contributed by atoms with Crippen molar-refractivity contribution >= 4 is 16.1 Å². The predicted octanol–water partition coefficient (Wildman–Crippen LogP) is 6.82. The van der Waals surface area contributed by atoms with Crippen LogP contribution in [0, 0.1) is 0 Å². The molecular weight excluding hydrogens is 504 g/mol. The van der Waals surface area contributed by atoms with Gasteiger partial charge in [-0.25, -0.2) is 4.79 Å². The van der Waals surface area contributed by atoms with Gasteiger partial charge in [0.2, 0.25) is 0 Å². The highest BCUT2D eigenvalue weighted by Crippen LogP contribution is 2.33. The summed E-state index contributed by atoms with van der Waals surface area (Å²) >= 11 is 0. The second kappa shape index (κ2) is 13.4. The Morgan fingerprint density at radius 2 is 1.66 bits per heavy atom. The molecule has 0 spiro atoms. The van der Waals surface area contributed by atoms with Crippen LogP contribution in [0.1, 0.15) is 89.8 Å². The molecule has 0 saturated heterocycles. The first-order valence-corrected chi connectivity index (χ1v) is 14.5. The van der Waals surface area contributed by atoms with Gasteiger partial charge in [-0.05, 0) is 61.9 Å². The van der Waals surface area contributed by atoms with Gasteiger partial charge in [0, 0.05) is 17.9 Å². The van der Waals surface area contributed by atoms with Crippen LogP contribution in [0.3, 0.4) is 0 Å². The van der Waals surface area contributed by atoms with E-state index in [-0.39, 0.29) is 32.0 Å². The fourth-order valence-corrected chi connectivity index (χ4v) is 5.18. The summed E-state index contributed by atoms with van der Waals surface area (Å²) in [6.45, 7) is 14.8. The molecule has 0 aliphatic carbocycles. The first-order chi connectivity index (χ1) is 17.8. The van der Waals surface area contributed by atoms with E-state index in [2.05, 4.69) is 25.6 Å². The van der Waals surface area contributed by atoms with Crippen molar-refractivity contribution < 1.29 is 32.0 Å². The lowest BCUT2D eigenvalue weighted by atomic mass is 9.91. The number of benzene rings is 2. The maximum atomic E-state index is 12.0. The van der Waals surface area contributed by atoms with E-state index in [4.69, 9.17) is 14.2 Å². The summed E-state index contributed by atoms with van der Waals surface area (Å²) in [5.41, 5.74) is 2.59. The SMILES string of the molecule is C=C(C)C(=O)OCc1cc(OC(C)(CC)CCOC(CC)(CC)S(=O)(=O)O)cc(C(C)c2ccccc2)c1. The van der Waals surface area contributed by atoms with Gasteiger partial charge in [0.1, 0.15) is 18.0 Å². The molecule has 2 rings (SSSR count). The topological polar surface area (TPSA) is 99.1 Å². The maximum Gasteiger partial charge on any atom is 0.333 e. The summed E-state index contributed by atoms with van der Waals surface area (Å²) in [7, 11) is -4.39. The molecule has 210 valence electrons. The molecular formula is C30H42O7S. The number of carbonyl (C=O) groups is 1. The molecule has 0 fully saturated rings. The molecule has 0 radical (unpaired) electrons. The molecule has 8 heteroatoms. The van der Waals surface area contributed by atoms with Crippen LogP contribution in [0.4, 0.5) is 0 Å². The Balaban J connectivity index is 2.32. The second-order valence-corrected chi connectivity index (χ2v) is 11.7. The molecule has 2 aromatic carbocycles. The van der Waals surface area contributed by atoms with Gasteiger partial charge in [-0.1, -0.05) is 70.7 Å². The van der Waals surface area contributed by atoms with Crippen LogP contribution in [0.2, 0.25) is 0 Å². The highest BCUT2D eigenvalue weighted by Gasteiger charge is 2.41. The summed E-state index contributed by atoms with van der Waals surface area (Å²) in [4.78, 5) is 10.4. The Morgan fingerprint density at radius 3 is 2.18 bits per heavy atom. The van der Waals surface area contributed by atoms with Crippen molar-refractivity contribution in [2.24, 2.45) is 0 Å².